The first kappa shape index (κ1) is 19.9. The molecule has 1 saturated heterocycles. The summed E-state index contributed by atoms with van der Waals surface area (Å²) >= 11 is 0. The van der Waals surface area contributed by atoms with Crippen molar-refractivity contribution in [2.24, 2.45) is 0 Å². The number of piperidine rings is 1. The van der Waals surface area contributed by atoms with Crippen LogP contribution >= 0.6 is 0 Å². The molecule has 150 valence electrons. The zero-order chi connectivity index (χ0) is 20.3. The normalized spacial score (nSPS) is 16.7. The van der Waals surface area contributed by atoms with Gasteiger partial charge < -0.3 is 15.5 Å². The maximum absolute atomic E-state index is 14.5. The topological polar surface area (TPSA) is 79.3 Å². The van der Waals surface area contributed by atoms with Crippen molar-refractivity contribution in [3.8, 4) is 5.69 Å². The number of rotatable bonds is 5. The number of aryl methyl sites for hydroxylation is 2. The molecule has 0 bridgehead atoms. The second-order valence-corrected chi connectivity index (χ2v) is 7.24. The fourth-order valence-corrected chi connectivity index (χ4v) is 3.56. The summed E-state index contributed by atoms with van der Waals surface area (Å²) in [5.41, 5.74) is 2.58. The van der Waals surface area contributed by atoms with Crippen LogP contribution in [0.25, 0.3) is 5.69 Å². The fraction of sp³-hybridized carbons (Fsp3) is 0.450. The molecule has 3 rings (SSSR count). The summed E-state index contributed by atoms with van der Waals surface area (Å²) in [5.74, 6) is -0.568. The van der Waals surface area contributed by atoms with Crippen LogP contribution in [0, 0.1) is 19.7 Å². The Bertz CT molecular complexity index is 879. The standard InChI is InChI=1S/C20H26FN5O2/c1-13-9-14(2)26(24-13)19-7-6-16(10-18(19)21)22-11-20(28)25-8-4-5-17(12-25)23-15(3)27/h6-7,9-10,17,22H,4-5,8,11-12H2,1-3H3,(H,23,27)/t17-/m0/s1. The lowest BCUT2D eigenvalue weighted by Crippen LogP contribution is -2.50. The predicted octanol–water partition coefficient (Wildman–Crippen LogP) is 2.17. The molecule has 28 heavy (non-hydrogen) atoms. The number of likely N-dealkylation sites (tertiary alicyclic amines) is 1. The number of carbonyl (C=O) groups is 2. The highest BCUT2D eigenvalue weighted by atomic mass is 19.1. The maximum atomic E-state index is 14.5. The van der Waals surface area contributed by atoms with Crippen LogP contribution in [0.2, 0.25) is 0 Å². The van der Waals surface area contributed by atoms with E-state index >= 15 is 0 Å². The summed E-state index contributed by atoms with van der Waals surface area (Å²) in [6.07, 6.45) is 1.72. The SMILES string of the molecule is CC(=O)N[C@H]1CCCN(C(=O)CNc2ccc(-n3nc(C)cc3C)c(F)c2)C1. The van der Waals surface area contributed by atoms with Gasteiger partial charge in [0, 0.05) is 37.4 Å². The van der Waals surface area contributed by atoms with Crippen molar-refractivity contribution in [1.82, 2.24) is 20.0 Å². The monoisotopic (exact) mass is 387 g/mol. The van der Waals surface area contributed by atoms with E-state index in [1.165, 1.54) is 13.0 Å². The average molecular weight is 387 g/mol. The molecule has 0 spiro atoms. The second-order valence-electron chi connectivity index (χ2n) is 7.24. The van der Waals surface area contributed by atoms with Gasteiger partial charge in [-0.1, -0.05) is 0 Å². The molecular weight excluding hydrogens is 361 g/mol. The number of benzene rings is 1. The van der Waals surface area contributed by atoms with Gasteiger partial charge in [0.1, 0.15) is 5.69 Å². The van der Waals surface area contributed by atoms with E-state index < -0.39 is 5.82 Å². The molecular formula is C20H26FN5O2. The van der Waals surface area contributed by atoms with E-state index in [4.69, 9.17) is 0 Å². The number of amides is 2. The van der Waals surface area contributed by atoms with E-state index in [2.05, 4.69) is 15.7 Å². The third-order valence-corrected chi connectivity index (χ3v) is 4.81. The molecule has 0 saturated carbocycles. The van der Waals surface area contributed by atoms with Gasteiger partial charge in [-0.15, -0.1) is 0 Å². The lowest BCUT2D eigenvalue weighted by molar-refractivity contribution is -0.131. The number of nitrogens with one attached hydrogen (secondary N) is 2. The van der Waals surface area contributed by atoms with Gasteiger partial charge in [-0.3, -0.25) is 9.59 Å². The van der Waals surface area contributed by atoms with Crippen molar-refractivity contribution in [2.75, 3.05) is 25.0 Å². The number of hydrogen-bond acceptors (Lipinski definition) is 4. The quantitative estimate of drug-likeness (QED) is 0.824. The molecule has 1 aliphatic heterocycles. The molecule has 1 aliphatic rings. The molecule has 0 unspecified atom stereocenters. The summed E-state index contributed by atoms with van der Waals surface area (Å²) in [6, 6.07) is 6.63. The molecule has 1 atom stereocenters. The molecule has 2 heterocycles. The molecule has 7 nitrogen and oxygen atoms in total. The van der Waals surface area contributed by atoms with Crippen LogP contribution in [0.5, 0.6) is 0 Å². The van der Waals surface area contributed by atoms with Gasteiger partial charge in [0.25, 0.3) is 0 Å². The minimum absolute atomic E-state index is 0.00676. The van der Waals surface area contributed by atoms with Gasteiger partial charge in [-0.2, -0.15) is 5.10 Å². The zero-order valence-electron chi connectivity index (χ0n) is 16.5. The molecule has 0 radical (unpaired) electrons. The molecule has 1 fully saturated rings. The van der Waals surface area contributed by atoms with E-state index in [0.29, 0.717) is 24.5 Å². The number of carbonyl (C=O) groups excluding carboxylic acids is 2. The first-order valence-corrected chi connectivity index (χ1v) is 9.45. The average Bonchev–Trinajstić information content (AvgIpc) is 2.97. The van der Waals surface area contributed by atoms with Gasteiger partial charge in [-0.05, 0) is 51.0 Å². The zero-order valence-corrected chi connectivity index (χ0v) is 16.5. The Hall–Kier alpha value is -2.90. The van der Waals surface area contributed by atoms with E-state index in [9.17, 15) is 14.0 Å². The van der Waals surface area contributed by atoms with Crippen molar-refractivity contribution in [1.29, 1.82) is 0 Å². The summed E-state index contributed by atoms with van der Waals surface area (Å²) < 4.78 is 16.1. The predicted molar refractivity (Wildman–Crippen MR) is 105 cm³/mol. The van der Waals surface area contributed by atoms with E-state index in [0.717, 1.165) is 24.2 Å². The highest BCUT2D eigenvalue weighted by Crippen LogP contribution is 2.20. The number of halogens is 1. The Morgan fingerprint density at radius 2 is 2.07 bits per heavy atom. The third-order valence-electron chi connectivity index (χ3n) is 4.81. The summed E-state index contributed by atoms with van der Waals surface area (Å²) in [7, 11) is 0. The van der Waals surface area contributed by atoms with Crippen LogP contribution in [0.15, 0.2) is 24.3 Å². The highest BCUT2D eigenvalue weighted by molar-refractivity contribution is 5.81. The van der Waals surface area contributed by atoms with E-state index in [1.54, 1.807) is 21.7 Å². The van der Waals surface area contributed by atoms with Crippen molar-refractivity contribution in [3.63, 3.8) is 0 Å². The van der Waals surface area contributed by atoms with Gasteiger partial charge >= 0.3 is 0 Å². The summed E-state index contributed by atoms with van der Waals surface area (Å²) in [5, 5.41) is 10.2. The maximum Gasteiger partial charge on any atom is 0.241 e. The van der Waals surface area contributed by atoms with Crippen LogP contribution in [0.1, 0.15) is 31.2 Å². The van der Waals surface area contributed by atoms with Gasteiger partial charge in [0.2, 0.25) is 11.8 Å². The molecule has 2 aromatic rings. The number of anilines is 1. The minimum atomic E-state index is -0.410. The van der Waals surface area contributed by atoms with Gasteiger partial charge in [0.15, 0.2) is 5.82 Å². The third kappa shape index (κ3) is 4.68. The lowest BCUT2D eigenvalue weighted by atomic mass is 10.1. The highest BCUT2D eigenvalue weighted by Gasteiger charge is 2.23. The Kier molecular flexibility index (Phi) is 5.96. The molecule has 2 amide bonds. The van der Waals surface area contributed by atoms with E-state index in [-0.39, 0.29) is 24.4 Å². The van der Waals surface area contributed by atoms with Crippen LogP contribution in [0.4, 0.5) is 10.1 Å². The van der Waals surface area contributed by atoms with Gasteiger partial charge in [-0.25, -0.2) is 9.07 Å². The summed E-state index contributed by atoms with van der Waals surface area (Å²) in [6.45, 7) is 6.46. The Morgan fingerprint density at radius 3 is 2.71 bits per heavy atom. The first-order valence-electron chi connectivity index (χ1n) is 9.45. The molecule has 2 N–H and O–H groups in total. The largest absolute Gasteiger partial charge is 0.376 e. The molecule has 0 aliphatic carbocycles. The number of aromatic nitrogens is 2. The lowest BCUT2D eigenvalue weighted by Gasteiger charge is -2.33. The van der Waals surface area contributed by atoms with Gasteiger partial charge in [0.05, 0.1) is 12.2 Å². The van der Waals surface area contributed by atoms with Crippen LogP contribution in [-0.4, -0.2) is 52.2 Å². The van der Waals surface area contributed by atoms with Crippen molar-refractivity contribution in [2.45, 2.75) is 39.7 Å². The Labute approximate surface area is 163 Å². The minimum Gasteiger partial charge on any atom is -0.376 e. The van der Waals surface area contributed by atoms with Crippen molar-refractivity contribution < 1.29 is 14.0 Å². The number of nitrogens with zero attached hydrogens (tertiary/aromatic N) is 3. The second kappa shape index (κ2) is 8.41. The smallest absolute Gasteiger partial charge is 0.241 e. The van der Waals surface area contributed by atoms with Crippen LogP contribution in [0.3, 0.4) is 0 Å². The molecule has 1 aromatic heterocycles. The Morgan fingerprint density at radius 1 is 1.29 bits per heavy atom. The fourth-order valence-electron chi connectivity index (χ4n) is 3.56. The van der Waals surface area contributed by atoms with Crippen LogP contribution in [-0.2, 0) is 9.59 Å². The summed E-state index contributed by atoms with van der Waals surface area (Å²) in [4.78, 5) is 25.4. The molecule has 1 aromatic carbocycles. The van der Waals surface area contributed by atoms with E-state index in [1.807, 2.05) is 19.9 Å². The van der Waals surface area contributed by atoms with Crippen molar-refractivity contribution >= 4 is 17.5 Å². The van der Waals surface area contributed by atoms with Crippen molar-refractivity contribution in [3.05, 3.63) is 41.5 Å². The van der Waals surface area contributed by atoms with Crippen LogP contribution < -0.4 is 10.6 Å². The number of hydrogen-bond donors (Lipinski definition) is 2. The first-order chi connectivity index (χ1) is 13.3. The molecule has 8 heteroatoms. The Balaban J connectivity index is 1.60.